The number of esters is 1. The van der Waals surface area contributed by atoms with Crippen LogP contribution in [-0.4, -0.2) is 29.2 Å². The molecule has 2 N–H and O–H groups in total. The lowest BCUT2D eigenvalue weighted by Gasteiger charge is -2.08. The number of hydrogen-bond acceptors (Lipinski definition) is 5. The minimum Gasteiger partial charge on any atom is -0.464 e. The Morgan fingerprint density at radius 3 is 2.95 bits per heavy atom. The number of nitrogens with two attached hydrogens (primary N) is 1. The predicted octanol–water partition coefficient (Wildman–Crippen LogP) is 1.72. The lowest BCUT2D eigenvalue weighted by molar-refractivity contribution is -0.144. The number of methoxy groups -OCH3 is 1. The topological polar surface area (TPSA) is 79.4 Å². The van der Waals surface area contributed by atoms with Crippen molar-refractivity contribution >= 4 is 22.7 Å². The number of carbonyl (C=O) groups is 1. The third-order valence-electron chi connectivity index (χ3n) is 2.92. The molecule has 0 atom stereocenters. The molecule has 0 saturated heterocycles. The molecule has 2 rings (SSSR count). The van der Waals surface area contributed by atoms with Crippen molar-refractivity contribution in [3.8, 4) is 0 Å². The van der Waals surface area contributed by atoms with E-state index in [4.69, 9.17) is 15.2 Å². The van der Waals surface area contributed by atoms with Gasteiger partial charge in [0, 0.05) is 7.11 Å². The summed E-state index contributed by atoms with van der Waals surface area (Å²) >= 11 is 0. The summed E-state index contributed by atoms with van der Waals surface area (Å²) in [6.07, 6.45) is 0.800. The van der Waals surface area contributed by atoms with Crippen molar-refractivity contribution in [2.45, 2.75) is 26.5 Å². The highest BCUT2D eigenvalue weighted by Gasteiger charge is 2.15. The predicted molar refractivity (Wildman–Crippen MR) is 76.1 cm³/mol. The highest BCUT2D eigenvalue weighted by molar-refractivity contribution is 5.88. The average molecular weight is 277 g/mol. The van der Waals surface area contributed by atoms with Crippen LogP contribution in [0.2, 0.25) is 0 Å². The number of hydrogen-bond donors (Lipinski definition) is 1. The zero-order valence-corrected chi connectivity index (χ0v) is 11.8. The maximum atomic E-state index is 11.8. The smallest absolute Gasteiger partial charge is 0.326 e. The Balaban J connectivity index is 2.36. The Morgan fingerprint density at radius 1 is 1.45 bits per heavy atom. The fourth-order valence-corrected chi connectivity index (χ4v) is 2.02. The minimum absolute atomic E-state index is 0.110. The van der Waals surface area contributed by atoms with Gasteiger partial charge in [-0.15, -0.1) is 0 Å². The van der Waals surface area contributed by atoms with Gasteiger partial charge in [-0.1, -0.05) is 13.0 Å². The van der Waals surface area contributed by atoms with E-state index in [-0.39, 0.29) is 12.5 Å². The van der Waals surface area contributed by atoms with Crippen LogP contribution in [0.1, 0.15) is 19.2 Å². The molecule has 6 heteroatoms. The summed E-state index contributed by atoms with van der Waals surface area (Å²) in [5.74, 6) is 0.375. The zero-order chi connectivity index (χ0) is 14.5. The van der Waals surface area contributed by atoms with Crippen LogP contribution in [-0.2, 0) is 27.4 Å². The Labute approximate surface area is 117 Å². The van der Waals surface area contributed by atoms with Gasteiger partial charge >= 0.3 is 5.97 Å². The van der Waals surface area contributed by atoms with Gasteiger partial charge < -0.3 is 19.8 Å². The lowest BCUT2D eigenvalue weighted by atomic mass is 10.3. The Kier molecular flexibility index (Phi) is 4.57. The van der Waals surface area contributed by atoms with Crippen LogP contribution in [0.4, 0.5) is 5.69 Å². The van der Waals surface area contributed by atoms with E-state index in [1.807, 2.05) is 19.1 Å². The average Bonchev–Trinajstić information content (AvgIpc) is 2.77. The van der Waals surface area contributed by atoms with Gasteiger partial charge in [0.2, 0.25) is 0 Å². The van der Waals surface area contributed by atoms with Crippen LogP contribution in [0, 0.1) is 0 Å². The molecule has 0 bridgehead atoms. The van der Waals surface area contributed by atoms with Gasteiger partial charge in [0.15, 0.2) is 0 Å². The van der Waals surface area contributed by atoms with Crippen molar-refractivity contribution in [1.29, 1.82) is 0 Å². The van der Waals surface area contributed by atoms with E-state index in [1.54, 1.807) is 17.7 Å². The van der Waals surface area contributed by atoms with Crippen molar-refractivity contribution in [1.82, 2.24) is 9.55 Å². The Bertz CT molecular complexity index is 607. The number of rotatable bonds is 6. The second kappa shape index (κ2) is 6.38. The van der Waals surface area contributed by atoms with Gasteiger partial charge in [0.1, 0.15) is 24.5 Å². The van der Waals surface area contributed by atoms with Gasteiger partial charge in [0.05, 0.1) is 17.8 Å². The third kappa shape index (κ3) is 2.91. The van der Waals surface area contributed by atoms with Gasteiger partial charge in [-0.3, -0.25) is 4.79 Å². The van der Waals surface area contributed by atoms with Gasteiger partial charge in [0.25, 0.3) is 0 Å². The normalized spacial score (nSPS) is 10.9. The zero-order valence-electron chi connectivity index (χ0n) is 11.8. The Hall–Kier alpha value is -2.08. The molecule has 0 saturated carbocycles. The van der Waals surface area contributed by atoms with Crippen molar-refractivity contribution in [2.24, 2.45) is 0 Å². The fraction of sp³-hybridized carbons (Fsp3) is 0.429. The summed E-state index contributed by atoms with van der Waals surface area (Å²) in [4.78, 5) is 16.3. The first-order valence-corrected chi connectivity index (χ1v) is 6.55. The first-order valence-electron chi connectivity index (χ1n) is 6.55. The van der Waals surface area contributed by atoms with Crippen LogP contribution in [0.15, 0.2) is 18.2 Å². The minimum atomic E-state index is -0.286. The second-order valence-corrected chi connectivity index (χ2v) is 4.48. The molecule has 2 aromatic rings. The summed E-state index contributed by atoms with van der Waals surface area (Å²) in [7, 11) is 1.59. The number of para-hydroxylation sites is 1. The molecule has 0 aliphatic heterocycles. The number of anilines is 1. The monoisotopic (exact) mass is 277 g/mol. The summed E-state index contributed by atoms with van der Waals surface area (Å²) in [6, 6.07) is 5.50. The lowest BCUT2D eigenvalue weighted by Crippen LogP contribution is -2.16. The molecular weight excluding hydrogens is 258 g/mol. The first-order chi connectivity index (χ1) is 9.67. The standard InChI is InChI=1S/C14H19N3O3/c1-3-7-20-13(18)8-17-11-6-4-5-10(15)14(11)16-12(17)9-19-2/h4-6H,3,7-9,15H2,1-2H3. The first kappa shape index (κ1) is 14.3. The van der Waals surface area contributed by atoms with E-state index >= 15 is 0 Å². The molecule has 108 valence electrons. The highest BCUT2D eigenvalue weighted by atomic mass is 16.5. The molecule has 1 heterocycles. The summed E-state index contributed by atoms with van der Waals surface area (Å²) in [5, 5.41) is 0. The van der Waals surface area contributed by atoms with E-state index in [9.17, 15) is 4.79 Å². The van der Waals surface area contributed by atoms with Gasteiger partial charge in [-0.25, -0.2) is 4.98 Å². The van der Waals surface area contributed by atoms with Crippen LogP contribution in [0.25, 0.3) is 11.0 Å². The highest BCUT2D eigenvalue weighted by Crippen LogP contribution is 2.22. The number of nitrogen functional groups attached to an aromatic ring is 1. The van der Waals surface area contributed by atoms with Gasteiger partial charge in [-0.05, 0) is 18.6 Å². The number of imidazole rings is 1. The number of ether oxygens (including phenoxy) is 2. The van der Waals surface area contributed by atoms with Crippen molar-refractivity contribution in [2.75, 3.05) is 19.5 Å². The molecule has 6 nitrogen and oxygen atoms in total. The molecule has 20 heavy (non-hydrogen) atoms. The Morgan fingerprint density at radius 2 is 2.25 bits per heavy atom. The third-order valence-corrected chi connectivity index (χ3v) is 2.92. The molecule has 0 spiro atoms. The van der Waals surface area contributed by atoms with Crippen molar-refractivity contribution in [3.63, 3.8) is 0 Å². The van der Waals surface area contributed by atoms with Crippen LogP contribution in [0.5, 0.6) is 0 Å². The van der Waals surface area contributed by atoms with E-state index in [0.29, 0.717) is 30.2 Å². The van der Waals surface area contributed by atoms with Gasteiger partial charge in [-0.2, -0.15) is 0 Å². The number of benzene rings is 1. The molecule has 0 aliphatic rings. The van der Waals surface area contributed by atoms with E-state index < -0.39 is 0 Å². The van der Waals surface area contributed by atoms with Crippen LogP contribution < -0.4 is 5.73 Å². The summed E-state index contributed by atoms with van der Waals surface area (Å²) in [5.41, 5.74) is 7.99. The van der Waals surface area contributed by atoms with E-state index in [0.717, 1.165) is 11.9 Å². The number of aromatic nitrogens is 2. The molecule has 0 radical (unpaired) electrons. The molecular formula is C14H19N3O3. The molecule has 1 aromatic heterocycles. The van der Waals surface area contributed by atoms with Crippen LogP contribution >= 0.6 is 0 Å². The largest absolute Gasteiger partial charge is 0.464 e. The number of carbonyl (C=O) groups excluding carboxylic acids is 1. The van der Waals surface area contributed by atoms with Crippen LogP contribution in [0.3, 0.4) is 0 Å². The maximum absolute atomic E-state index is 11.8. The number of nitrogens with zero attached hydrogens (tertiary/aromatic N) is 2. The molecule has 0 unspecified atom stereocenters. The quantitative estimate of drug-likeness (QED) is 0.642. The SMILES string of the molecule is CCCOC(=O)Cn1c(COC)nc2c(N)cccc21. The molecule has 0 amide bonds. The summed E-state index contributed by atoms with van der Waals surface area (Å²) in [6.45, 7) is 2.80. The maximum Gasteiger partial charge on any atom is 0.326 e. The summed E-state index contributed by atoms with van der Waals surface area (Å²) < 4.78 is 12.0. The van der Waals surface area contributed by atoms with Crippen molar-refractivity contribution in [3.05, 3.63) is 24.0 Å². The molecule has 0 aliphatic carbocycles. The van der Waals surface area contributed by atoms with Crippen molar-refractivity contribution < 1.29 is 14.3 Å². The fourth-order valence-electron chi connectivity index (χ4n) is 2.02. The van der Waals surface area contributed by atoms with E-state index in [1.165, 1.54) is 0 Å². The van der Waals surface area contributed by atoms with E-state index in [2.05, 4.69) is 4.98 Å². The molecule has 1 aromatic carbocycles. The second-order valence-electron chi connectivity index (χ2n) is 4.48. The molecule has 0 fully saturated rings. The number of fused-ring (bicyclic) bond motifs is 1.